The number of carbonyl (C=O) groups excluding carboxylic acids is 2. The van der Waals surface area contributed by atoms with E-state index in [9.17, 15) is 9.59 Å². The molecule has 10 nitrogen and oxygen atoms in total. The van der Waals surface area contributed by atoms with Crippen LogP contribution in [0.15, 0.2) is 54.9 Å². The highest BCUT2D eigenvalue weighted by atomic mass is 127. The minimum atomic E-state index is -0.718. The molecule has 0 aliphatic carbocycles. The zero-order valence-corrected chi connectivity index (χ0v) is 23.1. The predicted molar refractivity (Wildman–Crippen MR) is 145 cm³/mol. The molecule has 1 saturated heterocycles. The van der Waals surface area contributed by atoms with Crippen LogP contribution in [-0.4, -0.2) is 57.6 Å². The molecule has 196 valence electrons. The van der Waals surface area contributed by atoms with Crippen molar-refractivity contribution in [2.75, 3.05) is 13.7 Å². The number of fused-ring (bicyclic) bond motifs is 1. The normalized spacial score (nSPS) is 18.9. The monoisotopic (exact) mass is 628 g/mol. The summed E-state index contributed by atoms with van der Waals surface area (Å²) in [5, 5.41) is 5.25. The van der Waals surface area contributed by atoms with E-state index < -0.39 is 30.4 Å². The van der Waals surface area contributed by atoms with E-state index in [0.29, 0.717) is 31.7 Å². The second-order valence-electron chi connectivity index (χ2n) is 8.96. The second-order valence-corrected chi connectivity index (χ2v) is 9.98. The van der Waals surface area contributed by atoms with Gasteiger partial charge in [0, 0.05) is 6.42 Å². The number of hydrogen-bond donors (Lipinski definition) is 0. The molecule has 3 atom stereocenters. The second kappa shape index (κ2) is 11.0. The van der Waals surface area contributed by atoms with Crippen molar-refractivity contribution in [3.8, 4) is 5.88 Å². The molecule has 2 aromatic heterocycles. The number of halogens is 1. The van der Waals surface area contributed by atoms with Gasteiger partial charge < -0.3 is 18.9 Å². The number of nitrogens with zero attached hydrogens (tertiary/aromatic N) is 4. The van der Waals surface area contributed by atoms with E-state index in [1.807, 2.05) is 38.1 Å². The molecule has 0 amide bonds. The van der Waals surface area contributed by atoms with Crippen molar-refractivity contribution < 1.29 is 28.5 Å². The number of aryl methyl sites for hydroxylation is 2. The van der Waals surface area contributed by atoms with Crippen LogP contribution < -0.4 is 4.74 Å². The number of methoxy groups -OCH3 is 1. The third-order valence-electron chi connectivity index (χ3n) is 6.27. The molecule has 1 aliphatic rings. The van der Waals surface area contributed by atoms with Crippen LogP contribution in [0.4, 0.5) is 0 Å². The Morgan fingerprint density at radius 1 is 1.00 bits per heavy atom. The minimum Gasteiger partial charge on any atom is -0.480 e. The Morgan fingerprint density at radius 2 is 1.63 bits per heavy atom. The zero-order valence-electron chi connectivity index (χ0n) is 21.0. The smallest absolute Gasteiger partial charge is 0.338 e. The van der Waals surface area contributed by atoms with Crippen LogP contribution in [0.2, 0.25) is 0 Å². The molecule has 4 aromatic rings. The lowest BCUT2D eigenvalue weighted by Crippen LogP contribution is -2.32. The zero-order chi connectivity index (χ0) is 26.8. The maximum Gasteiger partial charge on any atom is 0.338 e. The highest BCUT2D eigenvalue weighted by Crippen LogP contribution is 2.35. The van der Waals surface area contributed by atoms with Crippen LogP contribution in [0, 0.1) is 17.5 Å². The summed E-state index contributed by atoms with van der Waals surface area (Å²) in [6, 6.07) is 14.2. The van der Waals surface area contributed by atoms with Crippen molar-refractivity contribution in [2.45, 2.75) is 38.7 Å². The average molecular weight is 628 g/mol. The summed E-state index contributed by atoms with van der Waals surface area (Å²) in [6.07, 6.45) is -0.367. The van der Waals surface area contributed by atoms with Crippen molar-refractivity contribution >= 4 is 45.6 Å². The van der Waals surface area contributed by atoms with Crippen LogP contribution in [-0.2, 0) is 14.2 Å². The first-order valence-electron chi connectivity index (χ1n) is 11.9. The number of carbonyl (C=O) groups is 2. The standard InChI is InChI=1S/C27H25IN4O6/c1-15-4-8-17(9-5-15)26(33)36-13-20-19(38-27(34)18-10-6-16(2)7-11-18)12-21(37-20)32-24-22(23(28)31-32)25(35-3)30-14-29-24/h4-11,14,19-21H,12-13H2,1-3H3/t19-,20+,21+/m0/s1. The number of ether oxygens (including phenoxy) is 4. The highest BCUT2D eigenvalue weighted by Gasteiger charge is 2.41. The summed E-state index contributed by atoms with van der Waals surface area (Å²) in [5.41, 5.74) is 3.44. The number of aromatic nitrogens is 4. The third-order valence-corrected chi connectivity index (χ3v) is 7.02. The molecule has 1 fully saturated rings. The lowest BCUT2D eigenvalue weighted by Gasteiger charge is -2.19. The molecular formula is C27H25IN4O6. The van der Waals surface area contributed by atoms with Gasteiger partial charge in [-0.2, -0.15) is 5.10 Å². The first-order chi connectivity index (χ1) is 18.3. The Hall–Kier alpha value is -3.58. The topological polar surface area (TPSA) is 115 Å². The van der Waals surface area contributed by atoms with E-state index in [2.05, 4.69) is 37.7 Å². The molecule has 0 unspecified atom stereocenters. The molecule has 11 heteroatoms. The van der Waals surface area contributed by atoms with Gasteiger partial charge in [-0.1, -0.05) is 35.4 Å². The fraction of sp³-hybridized carbons (Fsp3) is 0.296. The number of benzene rings is 2. The van der Waals surface area contributed by atoms with Gasteiger partial charge in [-0.25, -0.2) is 24.2 Å². The Labute approximate surface area is 232 Å². The summed E-state index contributed by atoms with van der Waals surface area (Å²) in [4.78, 5) is 34.1. The van der Waals surface area contributed by atoms with Gasteiger partial charge in [0.15, 0.2) is 11.9 Å². The Morgan fingerprint density at radius 3 is 2.26 bits per heavy atom. The van der Waals surface area contributed by atoms with E-state index in [-0.39, 0.29) is 13.0 Å². The van der Waals surface area contributed by atoms with Crippen molar-refractivity contribution in [3.05, 3.63) is 80.8 Å². The Balaban J connectivity index is 1.39. The van der Waals surface area contributed by atoms with E-state index >= 15 is 0 Å². The molecular weight excluding hydrogens is 603 g/mol. The molecule has 0 radical (unpaired) electrons. The first-order valence-corrected chi connectivity index (χ1v) is 13.0. The van der Waals surface area contributed by atoms with E-state index in [1.54, 1.807) is 28.9 Å². The quantitative estimate of drug-likeness (QED) is 0.217. The number of esters is 2. The van der Waals surface area contributed by atoms with Gasteiger partial charge in [0.05, 0.1) is 18.2 Å². The predicted octanol–water partition coefficient (Wildman–Crippen LogP) is 4.43. The van der Waals surface area contributed by atoms with Crippen molar-refractivity contribution in [2.24, 2.45) is 0 Å². The summed E-state index contributed by atoms with van der Waals surface area (Å²) < 4.78 is 25.3. The van der Waals surface area contributed by atoms with Crippen molar-refractivity contribution in [1.82, 2.24) is 19.7 Å². The maximum absolute atomic E-state index is 12.9. The minimum absolute atomic E-state index is 0.107. The molecule has 0 saturated carbocycles. The molecule has 5 rings (SSSR count). The fourth-order valence-electron chi connectivity index (χ4n) is 4.21. The van der Waals surface area contributed by atoms with Gasteiger partial charge in [0.25, 0.3) is 0 Å². The summed E-state index contributed by atoms with van der Waals surface area (Å²) >= 11 is 2.09. The van der Waals surface area contributed by atoms with Crippen molar-refractivity contribution in [1.29, 1.82) is 0 Å². The Kier molecular flexibility index (Phi) is 7.56. The van der Waals surface area contributed by atoms with Gasteiger partial charge in [-0.05, 0) is 60.7 Å². The Bertz CT molecular complexity index is 1470. The van der Waals surface area contributed by atoms with Crippen LogP contribution in [0.5, 0.6) is 5.88 Å². The molecule has 3 heterocycles. The van der Waals surface area contributed by atoms with Crippen LogP contribution >= 0.6 is 22.6 Å². The number of rotatable bonds is 7. The number of hydrogen-bond acceptors (Lipinski definition) is 9. The van der Waals surface area contributed by atoms with Gasteiger partial charge in [0.2, 0.25) is 5.88 Å². The lowest BCUT2D eigenvalue weighted by molar-refractivity contribution is -0.0591. The lowest BCUT2D eigenvalue weighted by atomic mass is 10.1. The van der Waals surface area contributed by atoms with Crippen molar-refractivity contribution in [3.63, 3.8) is 0 Å². The molecule has 0 N–H and O–H groups in total. The SMILES string of the molecule is COc1ncnc2c1c(I)nn2[C@H]1C[C@H](OC(=O)c2ccc(C)cc2)[C@@H](COC(=O)c2ccc(C)cc2)O1. The average Bonchev–Trinajstić information content (AvgIpc) is 3.48. The maximum atomic E-state index is 12.9. The van der Waals surface area contributed by atoms with E-state index in [0.717, 1.165) is 11.1 Å². The van der Waals surface area contributed by atoms with E-state index in [4.69, 9.17) is 18.9 Å². The van der Waals surface area contributed by atoms with Gasteiger partial charge in [-0.3, -0.25) is 0 Å². The molecule has 1 aliphatic heterocycles. The fourth-order valence-corrected chi connectivity index (χ4v) is 4.92. The van der Waals surface area contributed by atoms with Gasteiger partial charge in [-0.15, -0.1) is 0 Å². The molecule has 0 spiro atoms. The largest absolute Gasteiger partial charge is 0.480 e. The first kappa shape index (κ1) is 26.0. The summed E-state index contributed by atoms with van der Waals surface area (Å²) in [6.45, 7) is 3.77. The summed E-state index contributed by atoms with van der Waals surface area (Å²) in [5.74, 6) is -0.579. The van der Waals surface area contributed by atoms with E-state index in [1.165, 1.54) is 13.4 Å². The van der Waals surface area contributed by atoms with Crippen LogP contribution in [0.25, 0.3) is 11.0 Å². The molecule has 2 aromatic carbocycles. The van der Waals surface area contributed by atoms with Gasteiger partial charge in [0.1, 0.15) is 34.2 Å². The molecule has 38 heavy (non-hydrogen) atoms. The summed E-state index contributed by atoms with van der Waals surface area (Å²) in [7, 11) is 1.53. The highest BCUT2D eigenvalue weighted by molar-refractivity contribution is 14.1. The van der Waals surface area contributed by atoms with Gasteiger partial charge >= 0.3 is 11.9 Å². The molecule has 0 bridgehead atoms. The third kappa shape index (κ3) is 5.34. The van der Waals surface area contributed by atoms with Crippen LogP contribution in [0.1, 0.15) is 44.5 Å². The van der Waals surface area contributed by atoms with Crippen LogP contribution in [0.3, 0.4) is 0 Å².